The first-order valence-electron chi connectivity index (χ1n) is 51.5. The highest BCUT2D eigenvalue weighted by atomic mass is 16.4. The number of benzene rings is 3. The lowest BCUT2D eigenvalue weighted by Crippen LogP contribution is -2.65. The summed E-state index contributed by atoms with van der Waals surface area (Å²) in [5.74, 6) is -15.6. The number of amides is 6. The number of hydrazine groups is 3. The van der Waals surface area contributed by atoms with Crippen molar-refractivity contribution >= 4 is 127 Å². The number of H-pyrrole nitrogens is 1. The minimum atomic E-state index is -2.10. The van der Waals surface area contributed by atoms with Crippen LogP contribution in [0.5, 0.6) is 5.75 Å². The van der Waals surface area contributed by atoms with Gasteiger partial charge in [0, 0.05) is 69.3 Å². The number of aliphatic carboxylic acids is 1. The van der Waals surface area contributed by atoms with Crippen LogP contribution < -0.4 is 103 Å². The molecule has 0 saturated heterocycles. The van der Waals surface area contributed by atoms with Crippen molar-refractivity contribution in [1.29, 1.82) is 0 Å². The minimum Gasteiger partial charge on any atom is -0.508 e. The van der Waals surface area contributed by atoms with Crippen molar-refractivity contribution < 1.29 is 111 Å². The molecular weight excluding hydrogens is 1920 g/mol. The highest BCUT2D eigenvalue weighted by Crippen LogP contribution is 2.26. The zero-order valence-corrected chi connectivity index (χ0v) is 89.0. The fourth-order valence-electron chi connectivity index (χ4n) is 16.4. The Bertz CT molecular complexity index is 5220. The Hall–Kier alpha value is -11.8. The molecule has 43 nitrogen and oxygen atoms in total. The first kappa shape index (κ1) is 128. The Labute approximate surface area is 872 Å². The zero-order chi connectivity index (χ0) is 111. The molecule has 1 aliphatic heterocycles. The number of nitrogens with one attached hydrogen (secondary N) is 18. The number of carboxylic acid groups (broad SMARTS) is 1. The molecule has 43 heteroatoms. The van der Waals surface area contributed by atoms with Crippen molar-refractivity contribution in [3.05, 3.63) is 114 Å². The van der Waals surface area contributed by atoms with Crippen molar-refractivity contribution in [3.63, 3.8) is 0 Å². The number of nitrogens with two attached hydrogens (primary N) is 2. The summed E-state index contributed by atoms with van der Waals surface area (Å²) in [4.78, 5) is 282. The Balaban J connectivity index is 1.48. The fraction of sp³-hybridized carbons (Fsp3) is 0.604. The Kier molecular flexibility index (Phi) is 54.8. The van der Waals surface area contributed by atoms with E-state index in [1.807, 2.05) is 26.0 Å². The third-order valence-corrected chi connectivity index (χ3v) is 26.6. The predicted molar refractivity (Wildman–Crippen MR) is 559 cm³/mol. The fourth-order valence-corrected chi connectivity index (χ4v) is 16.4. The molecule has 5 rings (SSSR count). The first-order chi connectivity index (χ1) is 70.1. The van der Waals surface area contributed by atoms with Gasteiger partial charge < -0.3 is 74.3 Å². The average molecular weight is 2080 g/mol. The molecule has 0 radical (unpaired) electrons. The number of aromatic nitrogens is 1. The van der Waals surface area contributed by atoms with E-state index in [0.29, 0.717) is 66.1 Å². The molecule has 25 N–H and O–H groups in total. The van der Waals surface area contributed by atoms with E-state index in [1.54, 1.807) is 123 Å². The van der Waals surface area contributed by atoms with Crippen LogP contribution in [0.2, 0.25) is 0 Å². The number of phenolic OH excluding ortho intramolecular Hbond substituents is 1. The molecule has 4 aromatic rings. The topological polar surface area (TPSA) is 674 Å². The standard InChI is InChI=1S/C106H162N20O23/c1-61(2)49-81(117-70(12)128)101(147)119-95(69(11)127)98(144)96(142)80(51-71-31-25-24-26-32-71)125-126-106(16)47-30-23-21-19-17-18-20-22-29-46-105(15,92(138)59-112-67(9)89(135)57-116-104(13,14)91(137)58-111-64(6)86(132)45-48-109-63(5)84(130)41-42-85(131)65(7)114-60-115-68(10)100(108)146)120-103(149)82(50-62(3)4)123-121-77(39-43-93(107)139)90(136)56-110-66(8)87(133)54-88(134)79(53-73-55-113-76-34-28-27-33-75(73)76)122-124-83(52-72-35-37-74(129)38-36-72)102(148)118-78(40-44-94(140)141)97(143)99(106)145/h18,20,24-28,31-38,55,61-69,77-83,95,109-116,121-127,129H,17,19,21-23,29-30,39-54,56-60H2,1-16H3,(H2,107,139)(H2,108,146)(H,117,128)(H,118,148)(H,119,147)(H,120,149)(H,140,141)/t63-,64-,65-,66-,67-,68+,69+,77-,78-,79-,80-,81-,82-,83-,95-,105-,106+/m0/s1. The Morgan fingerprint density at radius 2 is 1.13 bits per heavy atom. The number of carboxylic acids is 1. The number of aromatic hydroxyl groups is 1. The van der Waals surface area contributed by atoms with Crippen molar-refractivity contribution in [2.45, 2.75) is 359 Å². The monoisotopic (exact) mass is 2080 g/mol. The zero-order valence-electron chi connectivity index (χ0n) is 89.0. The highest BCUT2D eigenvalue weighted by Gasteiger charge is 2.45. The normalized spacial score (nSPS) is 21.5. The van der Waals surface area contributed by atoms with Crippen LogP contribution in [0.25, 0.3) is 10.9 Å². The number of allylic oxidation sites excluding steroid dienone is 2. The maximum atomic E-state index is 15.7. The second-order valence-electron chi connectivity index (χ2n) is 40.8. The number of primary amides is 2. The maximum absolute atomic E-state index is 15.7. The Morgan fingerprint density at radius 1 is 0.550 bits per heavy atom. The number of aromatic amines is 1. The molecule has 0 unspecified atom stereocenters. The van der Waals surface area contributed by atoms with Gasteiger partial charge in [0.25, 0.3) is 0 Å². The third-order valence-electron chi connectivity index (χ3n) is 26.6. The van der Waals surface area contributed by atoms with E-state index >= 15 is 24.0 Å². The van der Waals surface area contributed by atoms with E-state index in [-0.39, 0.29) is 145 Å². The van der Waals surface area contributed by atoms with E-state index in [4.69, 9.17) is 11.5 Å². The number of phenols is 1. The summed E-state index contributed by atoms with van der Waals surface area (Å²) in [7, 11) is 0. The number of fused-ring (bicyclic) bond motifs is 1. The molecule has 149 heavy (non-hydrogen) atoms. The summed E-state index contributed by atoms with van der Waals surface area (Å²) in [6.45, 7) is 23.6. The molecule has 0 bridgehead atoms. The molecule has 0 saturated carbocycles. The lowest BCUT2D eigenvalue weighted by molar-refractivity contribution is -0.144. The molecular formula is C106H162N20O23. The molecule has 3 aromatic carbocycles. The molecule has 2 heterocycles. The number of aliphatic hydroxyl groups is 1. The number of Topliss-reactive ketones (excluding diaryl/α,β-unsaturated/α-hetero) is 13. The van der Waals surface area contributed by atoms with Gasteiger partial charge in [-0.1, -0.05) is 120 Å². The van der Waals surface area contributed by atoms with Gasteiger partial charge >= 0.3 is 5.97 Å². The molecule has 17 atom stereocenters. The lowest BCUT2D eigenvalue weighted by Gasteiger charge is -2.33. The van der Waals surface area contributed by atoms with Gasteiger partial charge in [-0.15, -0.1) is 0 Å². The van der Waals surface area contributed by atoms with E-state index in [1.165, 1.54) is 58.9 Å². The first-order valence-corrected chi connectivity index (χ1v) is 51.5. The third kappa shape index (κ3) is 45.1. The summed E-state index contributed by atoms with van der Waals surface area (Å²) >= 11 is 0. The van der Waals surface area contributed by atoms with Gasteiger partial charge in [-0.3, -0.25) is 112 Å². The summed E-state index contributed by atoms with van der Waals surface area (Å²) in [5, 5.41) is 63.7. The highest BCUT2D eigenvalue weighted by molar-refractivity contribution is 6.43. The Morgan fingerprint density at radius 3 is 1.77 bits per heavy atom. The number of carbonyl (C=O) groups excluding carboxylic acids is 19. The molecule has 6 amide bonds. The number of hydrogen-bond donors (Lipinski definition) is 23. The second kappa shape index (κ2) is 64.0. The largest absolute Gasteiger partial charge is 0.508 e. The summed E-state index contributed by atoms with van der Waals surface area (Å²) in [6, 6.07) is 4.18. The number of ketones is 13. The van der Waals surface area contributed by atoms with Crippen LogP contribution in [0.4, 0.5) is 0 Å². The van der Waals surface area contributed by atoms with Crippen molar-refractivity contribution in [3.8, 4) is 5.75 Å². The molecule has 1 aliphatic rings. The molecule has 1 aromatic heterocycles. The summed E-state index contributed by atoms with van der Waals surface area (Å²) in [6.07, 6.45) is 3.03. The van der Waals surface area contributed by atoms with Gasteiger partial charge in [0.2, 0.25) is 58.6 Å². The summed E-state index contributed by atoms with van der Waals surface area (Å²) in [5.41, 5.74) is 25.5. The number of para-hydroxylation sites is 1. The van der Waals surface area contributed by atoms with E-state index in [9.17, 15) is 87.2 Å². The summed E-state index contributed by atoms with van der Waals surface area (Å²) < 4.78 is 0. The smallest absolute Gasteiger partial charge is 0.303 e. The lowest BCUT2D eigenvalue weighted by atomic mass is 9.85. The van der Waals surface area contributed by atoms with Crippen LogP contribution in [0, 0.1) is 11.8 Å². The van der Waals surface area contributed by atoms with Crippen LogP contribution in [0.3, 0.4) is 0 Å². The van der Waals surface area contributed by atoms with E-state index in [2.05, 4.69) is 96.0 Å². The maximum Gasteiger partial charge on any atom is 0.303 e. The molecule has 0 spiro atoms. The van der Waals surface area contributed by atoms with Gasteiger partial charge in [-0.05, 0) is 206 Å². The van der Waals surface area contributed by atoms with Gasteiger partial charge in [0.1, 0.15) is 41.5 Å². The molecule has 0 aliphatic carbocycles. The quantitative estimate of drug-likeness (QED) is 0.00978. The van der Waals surface area contributed by atoms with Crippen molar-refractivity contribution in [1.82, 2.24) is 96.0 Å². The SMILES string of the molecule is CC(=O)N[C@@H](CC(C)C)C(=O)N[C@H](C(=O)C(=O)[C@H](Cc1ccccc1)NN[C@]1(C)CCCCCCC=CCCC[C@@](C)(C(=O)CN[C@@H](C)C(=O)CNC(C)(C)C(=O)CN[C@@H](C)C(=O)CCN[C@@H](C)C(=O)CCC(=O)[C@H](C)NCN[C@H](C)C(N)=O)NC(=O)[C@H](CC(C)C)NN[C@@H](CCC(N)=O)C(=O)CN[C@@H](C)C(=O)CC(=O)[C@H](Cc2c[nH]c3ccccc23)NN[C@@H](Cc2ccc(O)cc2)C(=O)N[C@@H](CCC(=O)O)C(=O)C1=O)[C@@H](C)O. The predicted octanol–water partition coefficient (Wildman–Crippen LogP) is 1.46. The average Bonchev–Trinajstić information content (AvgIpc) is 1.68. The van der Waals surface area contributed by atoms with Gasteiger partial charge in [-0.25, -0.2) is 32.6 Å². The second-order valence-corrected chi connectivity index (χ2v) is 40.8. The number of hydrogen-bond acceptors (Lipinski definition) is 35. The number of rotatable bonds is 53. The van der Waals surface area contributed by atoms with Crippen LogP contribution in [-0.4, -0.2) is 284 Å². The van der Waals surface area contributed by atoms with Crippen molar-refractivity contribution in [2.24, 2.45) is 23.3 Å². The van der Waals surface area contributed by atoms with E-state index < -0.39 is 239 Å². The minimum absolute atomic E-state index is 0.000979. The van der Waals surface area contributed by atoms with Crippen LogP contribution >= 0.6 is 0 Å². The number of aliphatic hydroxyl groups excluding tert-OH is 1. The van der Waals surface area contributed by atoms with Crippen LogP contribution in [0.15, 0.2) is 97.2 Å². The van der Waals surface area contributed by atoms with Gasteiger partial charge in [0.15, 0.2) is 40.5 Å². The number of carbonyl (C=O) groups is 20. The van der Waals surface area contributed by atoms with Crippen LogP contribution in [0.1, 0.15) is 249 Å². The molecule has 824 valence electrons. The van der Waals surface area contributed by atoms with Crippen LogP contribution in [-0.2, 0) is 115 Å². The van der Waals surface area contributed by atoms with Crippen molar-refractivity contribution in [2.75, 3.05) is 39.4 Å². The van der Waals surface area contributed by atoms with E-state index in [0.717, 1.165) is 0 Å². The molecule has 0 fully saturated rings. The van der Waals surface area contributed by atoms with Gasteiger partial charge in [0.05, 0.1) is 116 Å². The van der Waals surface area contributed by atoms with Gasteiger partial charge in [-0.2, -0.15) is 0 Å².